The monoisotopic (exact) mass is 220 g/mol. The Morgan fingerprint density at radius 2 is 2.07 bits per heavy atom. The van der Waals surface area contributed by atoms with E-state index >= 15 is 0 Å². The molecule has 1 aliphatic carbocycles. The Balaban J connectivity index is 2.06. The summed E-state index contributed by atoms with van der Waals surface area (Å²) in [6.07, 6.45) is 2.91. The first-order valence-electron chi connectivity index (χ1n) is 5.90. The van der Waals surface area contributed by atoms with E-state index in [9.17, 15) is 0 Å². The maximum Gasteiger partial charge on any atom is 0.00750 e. The molecule has 0 spiro atoms. The summed E-state index contributed by atoms with van der Waals surface area (Å²) in [5.41, 5.74) is 2.94. The van der Waals surface area contributed by atoms with Crippen LogP contribution in [0.1, 0.15) is 43.7 Å². The van der Waals surface area contributed by atoms with Gasteiger partial charge in [0.15, 0.2) is 0 Å². The Kier molecular flexibility index (Phi) is 3.40. The number of thioether (sulfide) groups is 1. The van der Waals surface area contributed by atoms with Gasteiger partial charge >= 0.3 is 0 Å². The molecule has 1 saturated carbocycles. The number of hydrogen-bond acceptors (Lipinski definition) is 1. The molecule has 0 nitrogen and oxygen atoms in total. The van der Waals surface area contributed by atoms with Crippen LogP contribution in [0.25, 0.3) is 0 Å². The molecule has 1 aromatic rings. The molecule has 0 heterocycles. The van der Waals surface area contributed by atoms with Gasteiger partial charge in [-0.1, -0.05) is 19.9 Å². The van der Waals surface area contributed by atoms with Gasteiger partial charge < -0.3 is 0 Å². The van der Waals surface area contributed by atoms with Crippen molar-refractivity contribution < 1.29 is 0 Å². The average Bonchev–Trinajstić information content (AvgIpc) is 3.00. The van der Waals surface area contributed by atoms with Gasteiger partial charge in [-0.2, -0.15) is 0 Å². The zero-order valence-corrected chi connectivity index (χ0v) is 10.7. The summed E-state index contributed by atoms with van der Waals surface area (Å²) in [4.78, 5) is 1.45. The zero-order chi connectivity index (χ0) is 10.8. The topological polar surface area (TPSA) is 0 Å². The lowest BCUT2D eigenvalue weighted by molar-refractivity contribution is 0.851. The van der Waals surface area contributed by atoms with Crippen LogP contribution in [0, 0.1) is 12.8 Å². The van der Waals surface area contributed by atoms with Gasteiger partial charge in [-0.3, -0.25) is 0 Å². The van der Waals surface area contributed by atoms with Crippen LogP contribution in [0.2, 0.25) is 0 Å². The Hall–Kier alpha value is -0.430. The Morgan fingerprint density at radius 3 is 2.67 bits per heavy atom. The molecule has 0 N–H and O–H groups in total. The molecule has 1 fully saturated rings. The number of rotatable bonds is 4. The first-order valence-corrected chi connectivity index (χ1v) is 6.88. The molecule has 2 rings (SSSR count). The van der Waals surface area contributed by atoms with E-state index in [1.807, 2.05) is 11.8 Å². The summed E-state index contributed by atoms with van der Waals surface area (Å²) < 4.78 is 0. The standard InChI is InChI=1S/C14H20S/c1-10(2)14-8-13(7-4-11(14)3)15-9-12-5-6-12/h4,7-8,10,12H,5-6,9H2,1-3H3. The van der Waals surface area contributed by atoms with Crippen molar-refractivity contribution in [3.8, 4) is 0 Å². The van der Waals surface area contributed by atoms with Gasteiger partial charge in [0.25, 0.3) is 0 Å². The SMILES string of the molecule is Cc1ccc(SCC2CC2)cc1C(C)C. The van der Waals surface area contributed by atoms with Gasteiger partial charge in [0.2, 0.25) is 0 Å². The smallest absolute Gasteiger partial charge is 0.00750 e. The summed E-state index contributed by atoms with van der Waals surface area (Å²) in [5, 5.41) is 0. The van der Waals surface area contributed by atoms with Gasteiger partial charge in [0, 0.05) is 10.6 Å². The maximum atomic E-state index is 2.38. The van der Waals surface area contributed by atoms with E-state index in [2.05, 4.69) is 39.0 Å². The Morgan fingerprint density at radius 1 is 1.33 bits per heavy atom. The van der Waals surface area contributed by atoms with Crippen molar-refractivity contribution in [2.75, 3.05) is 5.75 Å². The fourth-order valence-electron chi connectivity index (χ4n) is 1.83. The first kappa shape index (κ1) is 11.1. The van der Waals surface area contributed by atoms with Crippen molar-refractivity contribution in [2.24, 2.45) is 5.92 Å². The van der Waals surface area contributed by atoms with Crippen LogP contribution in [-0.4, -0.2) is 5.75 Å². The van der Waals surface area contributed by atoms with Gasteiger partial charge in [-0.25, -0.2) is 0 Å². The number of benzene rings is 1. The van der Waals surface area contributed by atoms with Gasteiger partial charge in [0.05, 0.1) is 0 Å². The average molecular weight is 220 g/mol. The molecule has 1 heteroatoms. The summed E-state index contributed by atoms with van der Waals surface area (Å²) in [7, 11) is 0. The quantitative estimate of drug-likeness (QED) is 0.667. The third kappa shape index (κ3) is 3.01. The number of hydrogen-bond donors (Lipinski definition) is 0. The summed E-state index contributed by atoms with van der Waals surface area (Å²) >= 11 is 2.03. The van der Waals surface area contributed by atoms with E-state index in [4.69, 9.17) is 0 Å². The van der Waals surface area contributed by atoms with Crippen LogP contribution >= 0.6 is 11.8 Å². The van der Waals surface area contributed by atoms with E-state index in [0.717, 1.165) is 5.92 Å². The van der Waals surface area contributed by atoms with E-state index in [1.165, 1.54) is 34.6 Å². The van der Waals surface area contributed by atoms with Crippen LogP contribution < -0.4 is 0 Å². The third-order valence-corrected chi connectivity index (χ3v) is 4.28. The molecule has 0 saturated heterocycles. The minimum Gasteiger partial charge on any atom is -0.126 e. The summed E-state index contributed by atoms with van der Waals surface area (Å²) in [5.74, 6) is 2.98. The molecule has 0 bridgehead atoms. The molecule has 0 amide bonds. The summed E-state index contributed by atoms with van der Waals surface area (Å²) in [6, 6.07) is 6.92. The number of aryl methyl sites for hydroxylation is 1. The second-order valence-corrected chi connectivity index (χ2v) is 6.02. The van der Waals surface area contributed by atoms with E-state index in [0.29, 0.717) is 5.92 Å². The normalized spacial score (nSPS) is 16.0. The molecular formula is C14H20S. The van der Waals surface area contributed by atoms with E-state index < -0.39 is 0 Å². The fraction of sp³-hybridized carbons (Fsp3) is 0.571. The Bertz CT molecular complexity index is 337. The van der Waals surface area contributed by atoms with Crippen molar-refractivity contribution in [3.05, 3.63) is 29.3 Å². The van der Waals surface area contributed by atoms with Crippen molar-refractivity contribution >= 4 is 11.8 Å². The first-order chi connectivity index (χ1) is 7.16. The van der Waals surface area contributed by atoms with Crippen molar-refractivity contribution in [2.45, 2.75) is 44.4 Å². The Labute approximate surface area is 97.5 Å². The largest absolute Gasteiger partial charge is 0.126 e. The molecule has 15 heavy (non-hydrogen) atoms. The van der Waals surface area contributed by atoms with Crippen molar-refractivity contribution in [1.29, 1.82) is 0 Å². The van der Waals surface area contributed by atoms with E-state index in [1.54, 1.807) is 0 Å². The lowest BCUT2D eigenvalue weighted by Crippen LogP contribution is -1.92. The second-order valence-electron chi connectivity index (χ2n) is 4.93. The molecule has 0 aliphatic heterocycles. The predicted molar refractivity (Wildman–Crippen MR) is 68.7 cm³/mol. The molecule has 0 aromatic heterocycles. The highest BCUT2D eigenvalue weighted by molar-refractivity contribution is 7.99. The van der Waals surface area contributed by atoms with Gasteiger partial charge in [-0.05, 0) is 54.9 Å². The van der Waals surface area contributed by atoms with Gasteiger partial charge in [0.1, 0.15) is 0 Å². The van der Waals surface area contributed by atoms with E-state index in [-0.39, 0.29) is 0 Å². The molecule has 1 aromatic carbocycles. The maximum absolute atomic E-state index is 2.38. The van der Waals surface area contributed by atoms with Gasteiger partial charge in [-0.15, -0.1) is 11.8 Å². The molecule has 0 unspecified atom stereocenters. The van der Waals surface area contributed by atoms with Crippen LogP contribution in [-0.2, 0) is 0 Å². The molecule has 82 valence electrons. The highest BCUT2D eigenvalue weighted by atomic mass is 32.2. The molecule has 0 atom stereocenters. The van der Waals surface area contributed by atoms with Crippen LogP contribution in [0.5, 0.6) is 0 Å². The highest BCUT2D eigenvalue weighted by Gasteiger charge is 2.21. The fourth-order valence-corrected chi connectivity index (χ4v) is 2.97. The third-order valence-electron chi connectivity index (χ3n) is 3.06. The predicted octanol–water partition coefficient (Wildman–Crippen LogP) is 4.62. The summed E-state index contributed by atoms with van der Waals surface area (Å²) in [6.45, 7) is 6.76. The van der Waals surface area contributed by atoms with Crippen molar-refractivity contribution in [3.63, 3.8) is 0 Å². The lowest BCUT2D eigenvalue weighted by atomic mass is 9.98. The van der Waals surface area contributed by atoms with Crippen LogP contribution in [0.4, 0.5) is 0 Å². The highest BCUT2D eigenvalue weighted by Crippen LogP contribution is 2.36. The minimum absolute atomic E-state index is 0.645. The van der Waals surface area contributed by atoms with Crippen LogP contribution in [0.3, 0.4) is 0 Å². The zero-order valence-electron chi connectivity index (χ0n) is 9.92. The lowest BCUT2D eigenvalue weighted by Gasteiger charge is -2.11. The van der Waals surface area contributed by atoms with Crippen molar-refractivity contribution in [1.82, 2.24) is 0 Å². The molecule has 1 aliphatic rings. The minimum atomic E-state index is 0.645. The van der Waals surface area contributed by atoms with Crippen LogP contribution in [0.15, 0.2) is 23.1 Å². The second kappa shape index (κ2) is 4.61. The molecule has 0 radical (unpaired) electrons. The molecular weight excluding hydrogens is 200 g/mol.